The number of hydrogen-bond donors (Lipinski definition) is 1. The second-order valence-corrected chi connectivity index (χ2v) is 11.5. The molecule has 0 unspecified atom stereocenters. The van der Waals surface area contributed by atoms with Gasteiger partial charge in [-0.2, -0.15) is 0 Å². The summed E-state index contributed by atoms with van der Waals surface area (Å²) in [5.74, 6) is -0.319. The van der Waals surface area contributed by atoms with Gasteiger partial charge < -0.3 is 15.0 Å². The number of aryl methyl sites for hydroxylation is 2. The van der Waals surface area contributed by atoms with Gasteiger partial charge in [0.05, 0.1) is 11.4 Å². The van der Waals surface area contributed by atoms with E-state index < -0.39 is 14.6 Å². The van der Waals surface area contributed by atoms with Gasteiger partial charge in [-0.05, 0) is 50.3 Å². The topological polar surface area (TPSA) is 96.0 Å². The first kappa shape index (κ1) is 25.6. The molecule has 8 nitrogen and oxygen atoms in total. The van der Waals surface area contributed by atoms with Gasteiger partial charge in [-0.15, -0.1) is 0 Å². The number of hydrogen-bond acceptors (Lipinski definition) is 6. The lowest BCUT2D eigenvalue weighted by molar-refractivity contribution is -0.136. The molecule has 1 N–H and O–H groups in total. The van der Waals surface area contributed by atoms with E-state index in [4.69, 9.17) is 4.74 Å². The predicted molar refractivity (Wildman–Crippen MR) is 127 cm³/mol. The standard InChI is InChI=1S/C24H37N3O5S/c1-19-7-8-20(2)21(17-19)33(30,31)24(9-4-5-10-24)23(29)27-14-12-26(13-15-27)18-22(28)25-11-6-16-32-3/h7-8,17H,4-6,9-16,18H2,1-3H3,(H,25,28). The maximum absolute atomic E-state index is 13.9. The summed E-state index contributed by atoms with van der Waals surface area (Å²) in [6.07, 6.45) is 2.97. The number of amides is 2. The highest BCUT2D eigenvalue weighted by molar-refractivity contribution is 7.93. The number of sulfone groups is 1. The van der Waals surface area contributed by atoms with Crippen molar-refractivity contribution in [3.63, 3.8) is 0 Å². The molecule has 1 aliphatic heterocycles. The highest BCUT2D eigenvalue weighted by Crippen LogP contribution is 2.43. The monoisotopic (exact) mass is 479 g/mol. The van der Waals surface area contributed by atoms with Crippen molar-refractivity contribution in [1.82, 2.24) is 15.1 Å². The minimum Gasteiger partial charge on any atom is -0.385 e. The van der Waals surface area contributed by atoms with Crippen LogP contribution in [0.3, 0.4) is 0 Å². The number of nitrogens with zero attached hydrogens (tertiary/aromatic N) is 2. The van der Waals surface area contributed by atoms with Crippen LogP contribution in [0.1, 0.15) is 43.2 Å². The van der Waals surface area contributed by atoms with Crippen LogP contribution in [0.25, 0.3) is 0 Å². The van der Waals surface area contributed by atoms with E-state index in [2.05, 4.69) is 5.32 Å². The van der Waals surface area contributed by atoms with Crippen molar-refractivity contribution in [2.75, 3.05) is 53.0 Å². The zero-order chi connectivity index (χ0) is 24.1. The van der Waals surface area contributed by atoms with Gasteiger partial charge in [-0.1, -0.05) is 25.0 Å². The second kappa shape index (κ2) is 11.0. The number of carbonyl (C=O) groups is 2. The smallest absolute Gasteiger partial charge is 0.244 e. The third-order valence-corrected chi connectivity index (χ3v) is 9.45. The van der Waals surface area contributed by atoms with Crippen LogP contribution < -0.4 is 5.32 Å². The van der Waals surface area contributed by atoms with Gasteiger partial charge in [-0.25, -0.2) is 8.42 Å². The van der Waals surface area contributed by atoms with E-state index in [0.29, 0.717) is 57.7 Å². The molecule has 1 heterocycles. The Kier molecular flexibility index (Phi) is 8.53. The lowest BCUT2D eigenvalue weighted by Gasteiger charge is -2.39. The first-order chi connectivity index (χ1) is 15.7. The van der Waals surface area contributed by atoms with Gasteiger partial charge in [0.1, 0.15) is 0 Å². The van der Waals surface area contributed by atoms with Crippen LogP contribution in [0.15, 0.2) is 23.1 Å². The molecule has 0 atom stereocenters. The molecule has 1 aliphatic carbocycles. The summed E-state index contributed by atoms with van der Waals surface area (Å²) in [6.45, 7) is 7.08. The minimum absolute atomic E-state index is 0.0457. The fourth-order valence-electron chi connectivity index (χ4n) is 4.85. The fraction of sp³-hybridized carbons (Fsp3) is 0.667. The summed E-state index contributed by atoms with van der Waals surface area (Å²) in [5.41, 5.74) is 1.55. The lowest BCUT2D eigenvalue weighted by Crippen LogP contribution is -2.58. The highest BCUT2D eigenvalue weighted by Gasteiger charge is 2.55. The Hall–Kier alpha value is -1.97. The lowest BCUT2D eigenvalue weighted by atomic mass is 10.0. The molecule has 1 aromatic carbocycles. The van der Waals surface area contributed by atoms with Crippen LogP contribution in [0, 0.1) is 13.8 Å². The molecule has 9 heteroatoms. The summed E-state index contributed by atoms with van der Waals surface area (Å²) in [7, 11) is -2.20. The van der Waals surface area contributed by atoms with E-state index >= 15 is 0 Å². The molecule has 33 heavy (non-hydrogen) atoms. The maximum atomic E-state index is 13.9. The molecule has 0 spiro atoms. The number of methoxy groups -OCH3 is 1. The molecule has 2 amide bonds. The summed E-state index contributed by atoms with van der Waals surface area (Å²) in [6, 6.07) is 5.40. The van der Waals surface area contributed by atoms with Gasteiger partial charge in [0.25, 0.3) is 0 Å². The molecule has 0 aromatic heterocycles. The molecule has 184 valence electrons. The van der Waals surface area contributed by atoms with E-state index in [0.717, 1.165) is 24.8 Å². The zero-order valence-corrected chi connectivity index (χ0v) is 20.9. The predicted octanol–water partition coefficient (Wildman–Crippen LogP) is 1.69. The zero-order valence-electron chi connectivity index (χ0n) is 20.1. The number of carbonyl (C=O) groups excluding carboxylic acids is 2. The molecule has 1 saturated carbocycles. The van der Waals surface area contributed by atoms with E-state index in [1.807, 2.05) is 24.0 Å². The third-order valence-electron chi connectivity index (χ3n) is 6.82. The van der Waals surface area contributed by atoms with E-state index in [9.17, 15) is 18.0 Å². The van der Waals surface area contributed by atoms with Crippen molar-refractivity contribution in [3.8, 4) is 0 Å². The molecule has 1 saturated heterocycles. The summed E-state index contributed by atoms with van der Waals surface area (Å²) >= 11 is 0. The number of rotatable bonds is 9. The molecule has 0 radical (unpaired) electrons. The molecule has 2 aliphatic rings. The van der Waals surface area contributed by atoms with Gasteiger partial charge >= 0.3 is 0 Å². The van der Waals surface area contributed by atoms with Crippen molar-refractivity contribution < 1.29 is 22.7 Å². The van der Waals surface area contributed by atoms with Crippen molar-refractivity contribution in [2.24, 2.45) is 0 Å². The Labute approximate surface area is 197 Å². The summed E-state index contributed by atoms with van der Waals surface area (Å²) in [5, 5.41) is 2.88. The summed E-state index contributed by atoms with van der Waals surface area (Å²) < 4.78 is 31.3. The van der Waals surface area contributed by atoms with E-state index in [-0.39, 0.29) is 23.3 Å². The molecular formula is C24H37N3O5S. The van der Waals surface area contributed by atoms with Gasteiger partial charge in [0.2, 0.25) is 11.8 Å². The van der Waals surface area contributed by atoms with Crippen LogP contribution in [-0.2, 0) is 24.2 Å². The number of benzene rings is 1. The van der Waals surface area contributed by atoms with Crippen LogP contribution in [0.5, 0.6) is 0 Å². The quantitative estimate of drug-likeness (QED) is 0.542. The Morgan fingerprint density at radius 1 is 1.09 bits per heavy atom. The molecule has 0 bridgehead atoms. The largest absolute Gasteiger partial charge is 0.385 e. The minimum atomic E-state index is -3.83. The third kappa shape index (κ3) is 5.58. The molecule has 2 fully saturated rings. The average Bonchev–Trinajstić information content (AvgIpc) is 3.30. The summed E-state index contributed by atoms with van der Waals surface area (Å²) in [4.78, 5) is 29.8. The van der Waals surface area contributed by atoms with Crippen LogP contribution in [-0.4, -0.2) is 87.8 Å². The van der Waals surface area contributed by atoms with E-state index in [1.54, 1.807) is 25.0 Å². The van der Waals surface area contributed by atoms with Crippen LogP contribution in [0.2, 0.25) is 0 Å². The van der Waals surface area contributed by atoms with Gasteiger partial charge in [0, 0.05) is 46.4 Å². The number of piperazine rings is 1. The Morgan fingerprint density at radius 3 is 2.39 bits per heavy atom. The van der Waals surface area contributed by atoms with Crippen molar-refractivity contribution in [3.05, 3.63) is 29.3 Å². The van der Waals surface area contributed by atoms with Gasteiger partial charge in [0.15, 0.2) is 14.6 Å². The van der Waals surface area contributed by atoms with Crippen LogP contribution in [0.4, 0.5) is 0 Å². The van der Waals surface area contributed by atoms with Crippen molar-refractivity contribution >= 4 is 21.7 Å². The van der Waals surface area contributed by atoms with Crippen molar-refractivity contribution in [2.45, 2.75) is 55.6 Å². The Balaban J connectivity index is 1.67. The SMILES string of the molecule is COCCCNC(=O)CN1CCN(C(=O)C2(S(=O)(=O)c3cc(C)ccc3C)CCCC2)CC1. The Bertz CT molecular complexity index is 949. The fourth-order valence-corrected chi connectivity index (χ4v) is 7.29. The van der Waals surface area contributed by atoms with E-state index in [1.165, 1.54) is 0 Å². The molecule has 3 rings (SSSR count). The van der Waals surface area contributed by atoms with Crippen LogP contribution >= 0.6 is 0 Å². The first-order valence-corrected chi connectivity index (χ1v) is 13.3. The number of nitrogens with one attached hydrogen (secondary N) is 1. The normalized spacial score (nSPS) is 18.9. The highest BCUT2D eigenvalue weighted by atomic mass is 32.2. The second-order valence-electron chi connectivity index (χ2n) is 9.24. The number of ether oxygens (including phenoxy) is 1. The maximum Gasteiger partial charge on any atom is 0.244 e. The average molecular weight is 480 g/mol. The molecular weight excluding hydrogens is 442 g/mol. The first-order valence-electron chi connectivity index (χ1n) is 11.8. The molecule has 1 aromatic rings. The van der Waals surface area contributed by atoms with Gasteiger partial charge in [-0.3, -0.25) is 14.5 Å². The van der Waals surface area contributed by atoms with Crippen molar-refractivity contribution in [1.29, 1.82) is 0 Å². The Morgan fingerprint density at radius 2 is 1.76 bits per heavy atom.